The Morgan fingerprint density at radius 1 is 0.927 bits per heavy atom. The van der Waals surface area contributed by atoms with Gasteiger partial charge in [-0.05, 0) is 48.1 Å². The van der Waals surface area contributed by atoms with E-state index in [-0.39, 0.29) is 36.6 Å². The summed E-state index contributed by atoms with van der Waals surface area (Å²) < 4.78 is 18.7. The molecule has 0 fully saturated rings. The summed E-state index contributed by atoms with van der Waals surface area (Å²) in [7, 11) is 3.13. The first-order chi connectivity index (χ1) is 19.6. The van der Waals surface area contributed by atoms with Gasteiger partial charge in [-0.1, -0.05) is 13.5 Å². The van der Waals surface area contributed by atoms with E-state index in [4.69, 9.17) is 19.3 Å². The quantitative estimate of drug-likeness (QED) is 0.0856. The van der Waals surface area contributed by atoms with Gasteiger partial charge in [0.25, 0.3) is 5.88 Å². The molecule has 0 amide bonds. The van der Waals surface area contributed by atoms with E-state index in [2.05, 4.69) is 11.6 Å². The second-order valence-electron chi connectivity index (χ2n) is 9.61. The maximum absolute atomic E-state index is 12.6. The van der Waals surface area contributed by atoms with Crippen LogP contribution in [-0.4, -0.2) is 53.6 Å². The molecule has 0 aliphatic heterocycles. The third kappa shape index (κ3) is 7.22. The van der Waals surface area contributed by atoms with Crippen molar-refractivity contribution < 1.29 is 38.8 Å². The Bertz CT molecular complexity index is 1620. The lowest BCUT2D eigenvalue weighted by Gasteiger charge is -2.11. The van der Waals surface area contributed by atoms with Gasteiger partial charge >= 0.3 is 5.97 Å². The molecule has 3 heterocycles. The standard InChI is InChI=1S/C30H31NO8S2/c1-16(30(35)36)10-22(34)28-13-20-26(41-28)15-24(38-4)29(31-20)39-9-5-6-18-11-19-12-27(21(33)8-7-17(2)32)40-25(19)14-23(18)37-3/h11-16,32H,2,5-10H2,1,3-4H3,(H,35,36)/t16-/m0/s1. The number of aliphatic hydroxyl groups excluding tert-OH is 1. The molecular formula is C30H31NO8S2. The van der Waals surface area contributed by atoms with Crippen LogP contribution in [0, 0.1) is 5.92 Å². The molecule has 0 bridgehead atoms. The predicted molar refractivity (Wildman–Crippen MR) is 159 cm³/mol. The van der Waals surface area contributed by atoms with E-state index in [0.29, 0.717) is 46.3 Å². The van der Waals surface area contributed by atoms with Crippen LogP contribution in [0.25, 0.3) is 20.3 Å². The normalized spacial score (nSPS) is 11.9. The van der Waals surface area contributed by atoms with Gasteiger partial charge in [-0.3, -0.25) is 14.4 Å². The molecule has 11 heteroatoms. The van der Waals surface area contributed by atoms with Gasteiger partial charge in [-0.15, -0.1) is 22.7 Å². The SMILES string of the molecule is C=C(O)CCC(=O)c1cc2cc(CCCOc3nc4cc(C(=O)C[C@H](C)C(=O)O)sc4cc3OC)c(OC)cc2s1. The molecule has 0 aliphatic carbocycles. The number of hydrogen-bond acceptors (Lipinski definition) is 10. The van der Waals surface area contributed by atoms with Crippen LogP contribution < -0.4 is 14.2 Å². The Balaban J connectivity index is 1.43. The second-order valence-corrected chi connectivity index (χ2v) is 11.8. The molecule has 0 aliphatic rings. The molecule has 1 atom stereocenters. The number of methoxy groups -OCH3 is 2. The van der Waals surface area contributed by atoms with Gasteiger partial charge in [-0.25, -0.2) is 4.98 Å². The number of aliphatic carboxylic acids is 1. The lowest BCUT2D eigenvalue weighted by atomic mass is 10.0. The highest BCUT2D eigenvalue weighted by atomic mass is 32.1. The van der Waals surface area contributed by atoms with Crippen molar-refractivity contribution in [2.75, 3.05) is 20.8 Å². The fourth-order valence-corrected chi connectivity index (χ4v) is 6.26. The number of carbonyl (C=O) groups is 3. The molecule has 0 spiro atoms. The molecule has 2 N–H and O–H groups in total. The van der Waals surface area contributed by atoms with Crippen molar-refractivity contribution in [2.24, 2.45) is 5.92 Å². The van der Waals surface area contributed by atoms with E-state index in [9.17, 15) is 19.5 Å². The van der Waals surface area contributed by atoms with E-state index in [0.717, 1.165) is 26.1 Å². The molecule has 216 valence electrons. The fraction of sp³-hybridized carbons (Fsp3) is 0.333. The van der Waals surface area contributed by atoms with Crippen molar-refractivity contribution in [1.82, 2.24) is 4.98 Å². The Morgan fingerprint density at radius 2 is 1.61 bits per heavy atom. The Kier molecular flexibility index (Phi) is 9.61. The third-order valence-corrected chi connectivity index (χ3v) is 8.76. The Labute approximate surface area is 245 Å². The maximum Gasteiger partial charge on any atom is 0.306 e. The highest BCUT2D eigenvalue weighted by Gasteiger charge is 2.20. The molecule has 4 rings (SSSR count). The number of pyridine rings is 1. The van der Waals surface area contributed by atoms with E-state index >= 15 is 0 Å². The number of hydrogen-bond donors (Lipinski definition) is 2. The zero-order valence-electron chi connectivity index (χ0n) is 23.0. The number of thiophene rings is 2. The summed E-state index contributed by atoms with van der Waals surface area (Å²) in [6.45, 7) is 5.29. The van der Waals surface area contributed by atoms with Gasteiger partial charge in [0.2, 0.25) is 0 Å². The van der Waals surface area contributed by atoms with E-state index in [1.807, 2.05) is 18.2 Å². The fourth-order valence-electron chi connectivity index (χ4n) is 4.24. The molecule has 0 radical (unpaired) electrons. The predicted octanol–water partition coefficient (Wildman–Crippen LogP) is 6.87. The van der Waals surface area contributed by atoms with Crippen LogP contribution in [-0.2, 0) is 11.2 Å². The van der Waals surface area contributed by atoms with Gasteiger partial charge < -0.3 is 24.4 Å². The summed E-state index contributed by atoms with van der Waals surface area (Å²) in [4.78, 5) is 41.8. The molecule has 9 nitrogen and oxygen atoms in total. The lowest BCUT2D eigenvalue weighted by molar-refractivity contribution is -0.141. The van der Waals surface area contributed by atoms with Gasteiger partial charge in [0.15, 0.2) is 17.3 Å². The molecule has 0 saturated carbocycles. The maximum atomic E-state index is 12.6. The van der Waals surface area contributed by atoms with Crippen molar-refractivity contribution in [3.05, 3.63) is 58.0 Å². The largest absolute Gasteiger partial charge is 0.513 e. The summed E-state index contributed by atoms with van der Waals surface area (Å²) in [6.07, 6.45) is 1.68. The van der Waals surface area contributed by atoms with Gasteiger partial charge in [0.1, 0.15) is 5.75 Å². The molecule has 41 heavy (non-hydrogen) atoms. The number of fused-ring (bicyclic) bond motifs is 2. The number of carboxylic acids is 1. The highest BCUT2D eigenvalue weighted by Crippen LogP contribution is 2.36. The summed E-state index contributed by atoms with van der Waals surface area (Å²) >= 11 is 2.64. The first kappa shape index (κ1) is 30.0. The van der Waals surface area contributed by atoms with Gasteiger partial charge in [0, 0.05) is 30.0 Å². The van der Waals surface area contributed by atoms with Crippen LogP contribution in [0.3, 0.4) is 0 Å². The average molecular weight is 598 g/mol. The van der Waals surface area contributed by atoms with Crippen LogP contribution in [0.5, 0.6) is 17.4 Å². The van der Waals surface area contributed by atoms with Crippen LogP contribution in [0.15, 0.2) is 42.7 Å². The monoisotopic (exact) mass is 597 g/mol. The summed E-state index contributed by atoms with van der Waals surface area (Å²) in [6, 6.07) is 9.25. The smallest absolute Gasteiger partial charge is 0.306 e. The lowest BCUT2D eigenvalue weighted by Crippen LogP contribution is -2.13. The average Bonchev–Trinajstić information content (AvgIpc) is 3.56. The number of ketones is 2. The summed E-state index contributed by atoms with van der Waals surface area (Å²) in [5.74, 6) is -0.581. The summed E-state index contributed by atoms with van der Waals surface area (Å²) in [5.41, 5.74) is 1.56. The van der Waals surface area contributed by atoms with Crippen molar-refractivity contribution >= 4 is 60.5 Å². The number of rotatable bonds is 15. The minimum Gasteiger partial charge on any atom is -0.513 e. The van der Waals surface area contributed by atoms with Crippen LogP contribution in [0.4, 0.5) is 0 Å². The number of carbonyl (C=O) groups excluding carboxylic acids is 2. The number of aromatic nitrogens is 1. The van der Waals surface area contributed by atoms with Crippen molar-refractivity contribution in [3.63, 3.8) is 0 Å². The van der Waals surface area contributed by atoms with Crippen molar-refractivity contribution in [1.29, 1.82) is 0 Å². The van der Waals surface area contributed by atoms with Crippen LogP contribution >= 0.6 is 22.7 Å². The summed E-state index contributed by atoms with van der Waals surface area (Å²) in [5, 5.41) is 19.4. The first-order valence-electron chi connectivity index (χ1n) is 13.0. The topological polar surface area (TPSA) is 132 Å². The number of nitrogens with zero attached hydrogens (tertiary/aromatic N) is 1. The number of aliphatic hydroxyl groups is 1. The van der Waals surface area contributed by atoms with Crippen molar-refractivity contribution in [2.45, 2.75) is 39.0 Å². The molecule has 1 aromatic carbocycles. The van der Waals surface area contributed by atoms with E-state index in [1.165, 1.54) is 36.7 Å². The minimum atomic E-state index is -1.01. The second kappa shape index (κ2) is 13.1. The number of carboxylic acid groups (broad SMARTS) is 1. The van der Waals surface area contributed by atoms with Crippen LogP contribution in [0.1, 0.15) is 57.5 Å². The molecule has 0 saturated heterocycles. The molecular weight excluding hydrogens is 566 g/mol. The molecule has 4 aromatic rings. The minimum absolute atomic E-state index is 0.00352. The zero-order chi connectivity index (χ0) is 29.7. The van der Waals surface area contributed by atoms with Crippen LogP contribution in [0.2, 0.25) is 0 Å². The molecule has 0 unspecified atom stereocenters. The van der Waals surface area contributed by atoms with E-state index in [1.54, 1.807) is 19.2 Å². The number of aryl methyl sites for hydroxylation is 1. The number of ether oxygens (including phenoxy) is 3. The third-order valence-electron chi connectivity index (χ3n) is 6.51. The zero-order valence-corrected chi connectivity index (χ0v) is 24.7. The van der Waals surface area contributed by atoms with Gasteiger partial charge in [-0.2, -0.15) is 0 Å². The Hall–Kier alpha value is -3.96. The first-order valence-corrected chi connectivity index (χ1v) is 14.6. The highest BCUT2D eigenvalue weighted by molar-refractivity contribution is 7.21. The Morgan fingerprint density at radius 3 is 2.29 bits per heavy atom. The number of Topliss-reactive ketones (excluding diaryl/α,β-unsaturated/α-hetero) is 2. The number of benzene rings is 1. The van der Waals surface area contributed by atoms with E-state index < -0.39 is 11.9 Å². The van der Waals surface area contributed by atoms with Gasteiger partial charge in [0.05, 0.1) is 52.5 Å². The molecule has 3 aromatic heterocycles. The van der Waals surface area contributed by atoms with Crippen molar-refractivity contribution in [3.8, 4) is 17.4 Å². The number of allylic oxidation sites excluding steroid dienone is 1.